The van der Waals surface area contributed by atoms with Crippen molar-refractivity contribution in [3.8, 4) is 22.8 Å². The van der Waals surface area contributed by atoms with Gasteiger partial charge in [-0.1, -0.05) is 13.0 Å². The molecule has 1 aromatic carbocycles. The Morgan fingerprint density at radius 3 is 2.89 bits per heavy atom. The molecule has 3 N–H and O–H groups in total. The van der Waals surface area contributed by atoms with E-state index in [-0.39, 0.29) is 17.6 Å². The van der Waals surface area contributed by atoms with Gasteiger partial charge in [0, 0.05) is 43.1 Å². The van der Waals surface area contributed by atoms with E-state index in [0.29, 0.717) is 60.7 Å². The number of aromatic amines is 1. The Morgan fingerprint density at radius 2 is 2.03 bits per heavy atom. The van der Waals surface area contributed by atoms with Gasteiger partial charge in [-0.2, -0.15) is 0 Å². The van der Waals surface area contributed by atoms with Crippen molar-refractivity contribution in [2.45, 2.75) is 38.5 Å². The number of rotatable bonds is 3. The fourth-order valence-electron chi connectivity index (χ4n) is 5.06. The molecule has 9 heteroatoms. The van der Waals surface area contributed by atoms with Gasteiger partial charge >= 0.3 is 0 Å². The number of anilines is 2. The van der Waals surface area contributed by atoms with Gasteiger partial charge < -0.3 is 29.8 Å². The highest BCUT2D eigenvalue weighted by molar-refractivity contribution is 6.07. The maximum Gasteiger partial charge on any atom is 0.255 e. The Hall–Kier alpha value is -3.59. The predicted molar refractivity (Wildman–Crippen MR) is 139 cm³/mol. The molecule has 0 saturated carbocycles. The Kier molecular flexibility index (Phi) is 7.60. The molecule has 2 unspecified atom stereocenters. The summed E-state index contributed by atoms with van der Waals surface area (Å²) >= 11 is 0. The average molecular weight is 509 g/mol. The van der Waals surface area contributed by atoms with Gasteiger partial charge in [-0.25, -0.2) is 4.39 Å². The Morgan fingerprint density at radius 1 is 1.16 bits per heavy atom. The summed E-state index contributed by atoms with van der Waals surface area (Å²) in [7, 11) is 1.42. The van der Waals surface area contributed by atoms with Gasteiger partial charge in [0.05, 0.1) is 42.5 Å². The van der Waals surface area contributed by atoms with Crippen molar-refractivity contribution in [3.05, 3.63) is 53.7 Å². The lowest BCUT2D eigenvalue weighted by Crippen LogP contribution is -2.35. The number of hydrogen-bond acceptors (Lipinski definition) is 6. The predicted octanol–water partition coefficient (Wildman–Crippen LogP) is 5.40. The number of aromatic nitrogens is 2. The van der Waals surface area contributed by atoms with E-state index in [0.717, 1.165) is 36.9 Å². The van der Waals surface area contributed by atoms with Gasteiger partial charge in [0.25, 0.3) is 5.91 Å². The Balaban J connectivity index is 1.64. The molecule has 37 heavy (non-hydrogen) atoms. The number of para-hydroxylation sites is 1. The van der Waals surface area contributed by atoms with E-state index in [1.807, 2.05) is 6.07 Å². The summed E-state index contributed by atoms with van der Waals surface area (Å²) in [6.45, 7) is 4.61. The molecule has 0 spiro atoms. The van der Waals surface area contributed by atoms with Crippen molar-refractivity contribution in [3.63, 3.8) is 0 Å². The van der Waals surface area contributed by atoms with Crippen molar-refractivity contribution in [1.82, 2.24) is 15.3 Å². The Bertz CT molecular complexity index is 1260. The second kappa shape index (κ2) is 11.2. The third kappa shape index (κ3) is 5.27. The van der Waals surface area contributed by atoms with Gasteiger partial charge in [-0.15, -0.1) is 0 Å². The zero-order chi connectivity index (χ0) is 25.8. The smallest absolute Gasteiger partial charge is 0.255 e. The topological polar surface area (TPSA) is 97.5 Å². The fourth-order valence-corrected chi connectivity index (χ4v) is 5.06. The summed E-state index contributed by atoms with van der Waals surface area (Å²) in [5.74, 6) is 0.582. The van der Waals surface area contributed by atoms with Crippen LogP contribution >= 0.6 is 0 Å². The van der Waals surface area contributed by atoms with E-state index in [2.05, 4.69) is 27.5 Å². The molecular formula is C28H33FN4O4. The van der Waals surface area contributed by atoms with E-state index in [1.54, 1.807) is 24.5 Å². The summed E-state index contributed by atoms with van der Waals surface area (Å²) < 4.78 is 32.0. The van der Waals surface area contributed by atoms with Gasteiger partial charge in [-0.3, -0.25) is 9.78 Å². The van der Waals surface area contributed by atoms with Gasteiger partial charge in [-0.05, 0) is 49.8 Å². The summed E-state index contributed by atoms with van der Waals surface area (Å²) in [6, 6.07) is 6.52. The molecule has 8 nitrogen and oxygen atoms in total. The molecule has 2 aromatic heterocycles. The number of methoxy groups -OCH3 is 1. The monoisotopic (exact) mass is 508 g/mol. The van der Waals surface area contributed by atoms with Crippen LogP contribution in [0.1, 0.15) is 54.6 Å². The minimum Gasteiger partial charge on any atom is -0.492 e. The number of carbonyl (C=O) groups is 1. The van der Waals surface area contributed by atoms with Crippen molar-refractivity contribution < 1.29 is 23.4 Å². The number of fused-ring (bicyclic) bond motifs is 3. The first-order valence-electron chi connectivity index (χ1n) is 12.8. The van der Waals surface area contributed by atoms with Crippen LogP contribution in [-0.4, -0.2) is 49.4 Å². The van der Waals surface area contributed by atoms with Crippen molar-refractivity contribution in [1.29, 1.82) is 0 Å². The highest BCUT2D eigenvalue weighted by Gasteiger charge is 2.33. The molecule has 2 bridgehead atoms. The lowest BCUT2D eigenvalue weighted by atomic mass is 9.93. The maximum atomic E-state index is 14.5. The number of carbonyl (C=O) groups excluding carboxylic acids is 1. The first-order valence-corrected chi connectivity index (χ1v) is 12.8. The third-order valence-corrected chi connectivity index (χ3v) is 7.12. The number of pyridine rings is 1. The molecule has 1 amide bonds. The molecule has 2 atom stereocenters. The zero-order valence-electron chi connectivity index (χ0n) is 21.2. The van der Waals surface area contributed by atoms with E-state index in [1.165, 1.54) is 13.2 Å². The summed E-state index contributed by atoms with van der Waals surface area (Å²) in [6.07, 6.45) is 7.10. The molecule has 2 aliphatic rings. The second-order valence-electron chi connectivity index (χ2n) is 9.67. The molecule has 3 aromatic rings. The average Bonchev–Trinajstić information content (AvgIpc) is 3.27. The van der Waals surface area contributed by atoms with E-state index in [9.17, 15) is 9.18 Å². The van der Waals surface area contributed by atoms with Crippen LogP contribution in [0.3, 0.4) is 0 Å². The highest BCUT2D eigenvalue weighted by atomic mass is 19.1. The summed E-state index contributed by atoms with van der Waals surface area (Å²) in [4.78, 5) is 21.0. The fraction of sp³-hybridized carbons (Fsp3) is 0.429. The normalized spacial score (nSPS) is 20.4. The van der Waals surface area contributed by atoms with Crippen molar-refractivity contribution in [2.75, 3.05) is 38.8 Å². The second-order valence-corrected chi connectivity index (χ2v) is 9.67. The highest BCUT2D eigenvalue weighted by Crippen LogP contribution is 2.44. The van der Waals surface area contributed by atoms with Crippen LogP contribution in [-0.2, 0) is 4.74 Å². The van der Waals surface area contributed by atoms with Crippen molar-refractivity contribution >= 4 is 17.3 Å². The minimum absolute atomic E-state index is 0.0351. The first-order chi connectivity index (χ1) is 18.1. The quantitative estimate of drug-likeness (QED) is 0.438. The molecule has 0 aliphatic carbocycles. The first kappa shape index (κ1) is 25.1. The summed E-state index contributed by atoms with van der Waals surface area (Å²) in [5, 5.41) is 6.33. The molecular weight excluding hydrogens is 475 g/mol. The number of halogens is 1. The number of amides is 1. The van der Waals surface area contributed by atoms with E-state index in [4.69, 9.17) is 14.2 Å². The molecule has 196 valence electrons. The van der Waals surface area contributed by atoms with Gasteiger partial charge in [0.15, 0.2) is 11.6 Å². The number of benzene rings is 1. The lowest BCUT2D eigenvalue weighted by molar-refractivity contribution is 0.0920. The van der Waals surface area contributed by atoms with Crippen molar-refractivity contribution in [2.24, 2.45) is 5.92 Å². The van der Waals surface area contributed by atoms with Crippen LogP contribution in [0.5, 0.6) is 11.5 Å². The molecule has 5 rings (SSSR count). The molecule has 0 saturated heterocycles. The Labute approximate surface area is 215 Å². The van der Waals surface area contributed by atoms with Gasteiger partial charge in [0.1, 0.15) is 5.75 Å². The minimum atomic E-state index is -0.495. The lowest BCUT2D eigenvalue weighted by Gasteiger charge is -2.24. The zero-order valence-corrected chi connectivity index (χ0v) is 21.2. The van der Waals surface area contributed by atoms with Crippen LogP contribution in [0.2, 0.25) is 0 Å². The molecule has 0 fully saturated rings. The van der Waals surface area contributed by atoms with E-state index < -0.39 is 5.82 Å². The van der Waals surface area contributed by atoms with Crippen LogP contribution in [0.15, 0.2) is 36.7 Å². The van der Waals surface area contributed by atoms with Crippen LogP contribution < -0.4 is 20.1 Å². The maximum absolute atomic E-state index is 14.5. The molecule has 0 radical (unpaired) electrons. The number of ether oxygens (including phenoxy) is 3. The number of nitrogens with zero attached hydrogens (tertiary/aromatic N) is 1. The van der Waals surface area contributed by atoms with Gasteiger partial charge in [0.2, 0.25) is 0 Å². The SMILES string of the molecule is COc1c(F)cccc1Nc1c2[nH]c3c1C(=O)NCC3CCOCCC(C)CCCOc1cnccc1-2. The number of H-pyrrole nitrogens is 1. The van der Waals surface area contributed by atoms with Crippen LogP contribution in [0.25, 0.3) is 11.3 Å². The third-order valence-electron chi connectivity index (χ3n) is 7.12. The molecule has 4 heterocycles. The standard InChI is InChI=1S/C28H33FN4O4/c1-17-5-4-12-37-22-16-30-11-8-19(22)25-26(32-21-7-3-6-20(29)27(21)35-2)23-24(33-25)18(15-31-28(23)34)10-14-36-13-9-17/h3,6-8,11,16-18,32-33H,4-5,9-10,12-15H2,1-2H3,(H,31,34). The summed E-state index contributed by atoms with van der Waals surface area (Å²) in [5.41, 5.74) is 3.72. The largest absolute Gasteiger partial charge is 0.492 e. The number of nitrogens with one attached hydrogen (secondary N) is 3. The number of hydrogen-bond donors (Lipinski definition) is 3. The van der Waals surface area contributed by atoms with E-state index >= 15 is 0 Å². The molecule has 2 aliphatic heterocycles. The van der Waals surface area contributed by atoms with Crippen LogP contribution in [0.4, 0.5) is 15.8 Å². The van der Waals surface area contributed by atoms with Crippen LogP contribution in [0, 0.1) is 11.7 Å².